The molecule has 0 atom stereocenters. The fourth-order valence-corrected chi connectivity index (χ4v) is 4.16. The molecule has 0 saturated carbocycles. The summed E-state index contributed by atoms with van der Waals surface area (Å²) < 4.78 is 25.5. The van der Waals surface area contributed by atoms with Crippen molar-refractivity contribution < 1.29 is 23.1 Å². The SMILES string of the molecule is CCCS(=O)(=O)N1CCC(NC(=O)c2ccnc(C(=O)O)c2)CC1. The summed E-state index contributed by atoms with van der Waals surface area (Å²) >= 11 is 0. The second-order valence-corrected chi connectivity index (χ2v) is 7.79. The topological polar surface area (TPSA) is 117 Å². The maximum atomic E-state index is 12.2. The van der Waals surface area contributed by atoms with E-state index in [9.17, 15) is 18.0 Å². The first-order chi connectivity index (χ1) is 11.3. The Morgan fingerprint density at radius 3 is 2.62 bits per heavy atom. The van der Waals surface area contributed by atoms with Crippen LogP contribution >= 0.6 is 0 Å². The molecule has 0 radical (unpaired) electrons. The minimum absolute atomic E-state index is 0.132. The van der Waals surface area contributed by atoms with Crippen molar-refractivity contribution >= 4 is 21.9 Å². The van der Waals surface area contributed by atoms with Crippen molar-refractivity contribution in [2.45, 2.75) is 32.2 Å². The number of carboxylic acid groups (broad SMARTS) is 1. The standard InChI is InChI=1S/C15H21N3O5S/c1-2-9-24(22,23)18-7-4-12(5-8-18)17-14(19)11-3-6-16-13(10-11)15(20)21/h3,6,10,12H,2,4-5,7-9H2,1H3,(H,17,19)(H,20,21). The van der Waals surface area contributed by atoms with Crippen molar-refractivity contribution in [3.05, 3.63) is 29.6 Å². The minimum atomic E-state index is -3.21. The largest absolute Gasteiger partial charge is 0.477 e. The molecule has 2 rings (SSSR count). The number of pyridine rings is 1. The number of nitrogens with one attached hydrogen (secondary N) is 1. The van der Waals surface area contributed by atoms with E-state index in [4.69, 9.17) is 5.11 Å². The molecule has 2 N–H and O–H groups in total. The number of rotatable bonds is 6. The van der Waals surface area contributed by atoms with Gasteiger partial charge >= 0.3 is 5.97 Å². The molecule has 2 heterocycles. The lowest BCUT2D eigenvalue weighted by atomic mass is 10.1. The Morgan fingerprint density at radius 1 is 1.38 bits per heavy atom. The molecule has 1 aliphatic rings. The molecule has 1 aromatic rings. The van der Waals surface area contributed by atoms with Crippen LogP contribution in [0.5, 0.6) is 0 Å². The highest BCUT2D eigenvalue weighted by Gasteiger charge is 2.28. The third-order valence-corrected chi connectivity index (χ3v) is 5.96. The van der Waals surface area contributed by atoms with Gasteiger partial charge < -0.3 is 10.4 Å². The van der Waals surface area contributed by atoms with Crippen molar-refractivity contribution in [2.75, 3.05) is 18.8 Å². The van der Waals surface area contributed by atoms with Gasteiger partial charge in [0.25, 0.3) is 5.91 Å². The predicted molar refractivity (Wildman–Crippen MR) is 87.3 cm³/mol. The third kappa shape index (κ3) is 4.51. The Hall–Kier alpha value is -2.00. The first-order valence-corrected chi connectivity index (χ1v) is 9.42. The van der Waals surface area contributed by atoms with Gasteiger partial charge in [-0.3, -0.25) is 4.79 Å². The lowest BCUT2D eigenvalue weighted by Crippen LogP contribution is -2.47. The van der Waals surface area contributed by atoms with Crippen molar-refractivity contribution in [2.24, 2.45) is 0 Å². The van der Waals surface area contributed by atoms with E-state index in [0.717, 1.165) is 0 Å². The number of hydrogen-bond acceptors (Lipinski definition) is 5. The van der Waals surface area contributed by atoms with E-state index in [1.54, 1.807) is 0 Å². The Balaban J connectivity index is 1.93. The molecule has 8 nitrogen and oxygen atoms in total. The summed E-state index contributed by atoms with van der Waals surface area (Å²) in [6, 6.07) is 2.54. The lowest BCUT2D eigenvalue weighted by molar-refractivity contribution is 0.0690. The summed E-state index contributed by atoms with van der Waals surface area (Å²) in [6.45, 7) is 2.58. The van der Waals surface area contributed by atoms with E-state index < -0.39 is 16.0 Å². The van der Waals surface area contributed by atoms with Gasteiger partial charge in [0.2, 0.25) is 10.0 Å². The third-order valence-electron chi connectivity index (χ3n) is 3.89. The number of amides is 1. The zero-order valence-corrected chi connectivity index (χ0v) is 14.3. The summed E-state index contributed by atoms with van der Waals surface area (Å²) in [5.41, 5.74) is 0.0339. The van der Waals surface area contributed by atoms with Crippen LogP contribution < -0.4 is 5.32 Å². The summed E-state index contributed by atoms with van der Waals surface area (Å²) in [5.74, 6) is -1.44. The Bertz CT molecular complexity index is 712. The molecule has 0 aliphatic carbocycles. The van der Waals surface area contributed by atoms with Crippen LogP contribution in [0.25, 0.3) is 0 Å². The molecule has 1 aliphatic heterocycles. The van der Waals surface area contributed by atoms with Gasteiger partial charge in [-0.15, -0.1) is 0 Å². The zero-order valence-electron chi connectivity index (χ0n) is 13.4. The van der Waals surface area contributed by atoms with Gasteiger partial charge in [-0.1, -0.05) is 6.92 Å². The molecule has 1 saturated heterocycles. The van der Waals surface area contributed by atoms with E-state index in [2.05, 4.69) is 10.3 Å². The van der Waals surface area contributed by atoms with E-state index >= 15 is 0 Å². The second kappa shape index (κ2) is 7.71. The van der Waals surface area contributed by atoms with Crippen LogP contribution in [-0.4, -0.2) is 59.6 Å². The first-order valence-electron chi connectivity index (χ1n) is 7.81. The summed E-state index contributed by atoms with van der Waals surface area (Å²) in [5, 5.41) is 11.7. The van der Waals surface area contributed by atoms with Gasteiger partial charge in [0.05, 0.1) is 5.75 Å². The molecular weight excluding hydrogens is 334 g/mol. The molecular formula is C15H21N3O5S. The molecule has 0 aromatic carbocycles. The van der Waals surface area contributed by atoms with Gasteiger partial charge in [-0.25, -0.2) is 22.5 Å². The van der Waals surface area contributed by atoms with E-state index in [-0.39, 0.29) is 29.0 Å². The van der Waals surface area contributed by atoms with Crippen LogP contribution in [0.3, 0.4) is 0 Å². The molecule has 1 aromatic heterocycles. The van der Waals surface area contributed by atoms with Crippen molar-refractivity contribution in [1.82, 2.24) is 14.6 Å². The highest BCUT2D eigenvalue weighted by Crippen LogP contribution is 2.15. The number of carbonyl (C=O) groups excluding carboxylic acids is 1. The number of carboxylic acids is 1. The highest BCUT2D eigenvalue weighted by atomic mass is 32.2. The monoisotopic (exact) mass is 355 g/mol. The summed E-state index contributed by atoms with van der Waals surface area (Å²) in [4.78, 5) is 26.8. The number of sulfonamides is 1. The van der Waals surface area contributed by atoms with Gasteiger partial charge in [0.15, 0.2) is 0 Å². The van der Waals surface area contributed by atoms with E-state index in [1.165, 1.54) is 22.6 Å². The number of nitrogens with zero attached hydrogens (tertiary/aromatic N) is 2. The Labute approximate surface area is 140 Å². The second-order valence-electron chi connectivity index (χ2n) is 5.70. The van der Waals surface area contributed by atoms with Crippen LogP contribution in [-0.2, 0) is 10.0 Å². The van der Waals surface area contributed by atoms with Crippen molar-refractivity contribution in [1.29, 1.82) is 0 Å². The smallest absolute Gasteiger partial charge is 0.354 e. The van der Waals surface area contributed by atoms with Gasteiger partial charge in [-0.05, 0) is 31.4 Å². The number of hydrogen-bond donors (Lipinski definition) is 2. The Kier molecular flexibility index (Phi) is 5.89. The average molecular weight is 355 g/mol. The molecule has 9 heteroatoms. The fourth-order valence-electron chi connectivity index (χ4n) is 2.62. The maximum Gasteiger partial charge on any atom is 0.354 e. The maximum absolute atomic E-state index is 12.2. The fraction of sp³-hybridized carbons (Fsp3) is 0.533. The number of aromatic nitrogens is 1. The van der Waals surface area contributed by atoms with Gasteiger partial charge in [-0.2, -0.15) is 0 Å². The molecule has 1 amide bonds. The quantitative estimate of drug-likeness (QED) is 0.776. The highest BCUT2D eigenvalue weighted by molar-refractivity contribution is 7.89. The van der Waals surface area contributed by atoms with Gasteiger partial charge in [0.1, 0.15) is 5.69 Å². The van der Waals surface area contributed by atoms with Crippen LogP contribution in [0.15, 0.2) is 18.3 Å². The van der Waals surface area contributed by atoms with E-state index in [1.807, 2.05) is 6.92 Å². The van der Waals surface area contributed by atoms with Crippen molar-refractivity contribution in [3.63, 3.8) is 0 Å². The molecule has 1 fully saturated rings. The minimum Gasteiger partial charge on any atom is -0.477 e. The molecule has 0 unspecified atom stereocenters. The van der Waals surface area contributed by atoms with Crippen LogP contribution in [0, 0.1) is 0 Å². The number of piperidine rings is 1. The first kappa shape index (κ1) is 18.3. The normalized spacial score (nSPS) is 16.7. The molecule has 0 bridgehead atoms. The summed E-state index contributed by atoms with van der Waals surface area (Å²) in [7, 11) is -3.21. The predicted octanol–water partition coefficient (Wildman–Crippen LogP) is 0.714. The van der Waals surface area contributed by atoms with E-state index in [0.29, 0.717) is 32.4 Å². The molecule has 132 valence electrons. The van der Waals surface area contributed by atoms with Crippen LogP contribution in [0.2, 0.25) is 0 Å². The molecule has 24 heavy (non-hydrogen) atoms. The van der Waals surface area contributed by atoms with Gasteiger partial charge in [0, 0.05) is 30.9 Å². The average Bonchev–Trinajstić information content (AvgIpc) is 2.55. The van der Waals surface area contributed by atoms with Crippen molar-refractivity contribution in [3.8, 4) is 0 Å². The molecule has 0 spiro atoms. The summed E-state index contributed by atoms with van der Waals surface area (Å²) in [6.07, 6.45) is 2.92. The number of aromatic carboxylic acids is 1. The Morgan fingerprint density at radius 2 is 2.04 bits per heavy atom. The van der Waals surface area contributed by atoms with Crippen LogP contribution in [0.4, 0.5) is 0 Å². The van der Waals surface area contributed by atoms with Crippen LogP contribution in [0.1, 0.15) is 47.0 Å². The number of carbonyl (C=O) groups is 2. The zero-order chi connectivity index (χ0) is 17.7. The lowest BCUT2D eigenvalue weighted by Gasteiger charge is -2.31.